The van der Waals surface area contributed by atoms with Gasteiger partial charge in [0.1, 0.15) is 0 Å². The van der Waals surface area contributed by atoms with Crippen LogP contribution < -0.4 is 5.32 Å². The van der Waals surface area contributed by atoms with Gasteiger partial charge in [0.2, 0.25) is 0 Å². The average molecular weight is 423 g/mol. The van der Waals surface area contributed by atoms with Crippen LogP contribution in [-0.4, -0.2) is 20.9 Å². The lowest BCUT2D eigenvalue weighted by Crippen LogP contribution is -2.37. The molecular formula is C28H30N4. The zero-order valence-electron chi connectivity index (χ0n) is 18.4. The van der Waals surface area contributed by atoms with Gasteiger partial charge in [0.05, 0.1) is 23.5 Å². The second-order valence-corrected chi connectivity index (χ2v) is 8.64. The van der Waals surface area contributed by atoms with Crippen molar-refractivity contribution in [3.05, 3.63) is 119 Å². The minimum atomic E-state index is 0.353. The third-order valence-corrected chi connectivity index (χ3v) is 6.44. The van der Waals surface area contributed by atoms with Crippen LogP contribution in [0, 0.1) is 0 Å². The van der Waals surface area contributed by atoms with E-state index >= 15 is 0 Å². The van der Waals surface area contributed by atoms with Crippen molar-refractivity contribution in [2.24, 2.45) is 0 Å². The van der Waals surface area contributed by atoms with Gasteiger partial charge in [-0.05, 0) is 66.6 Å². The van der Waals surface area contributed by atoms with Gasteiger partial charge < -0.3 is 10.2 Å². The predicted octanol–water partition coefficient (Wildman–Crippen LogP) is 5.14. The predicted molar refractivity (Wildman–Crippen MR) is 129 cm³/mol. The summed E-state index contributed by atoms with van der Waals surface area (Å²) in [4.78, 5) is 11.7. The zero-order chi connectivity index (χ0) is 21.6. The van der Waals surface area contributed by atoms with E-state index in [1.807, 2.05) is 30.6 Å². The van der Waals surface area contributed by atoms with Gasteiger partial charge in [-0.25, -0.2) is 0 Å². The number of aromatic nitrogens is 2. The second-order valence-electron chi connectivity index (χ2n) is 8.64. The minimum absolute atomic E-state index is 0.353. The molecule has 2 aliphatic rings. The standard InChI is InChI=1S/C28H30N4/c1-3-16-30-25(9-1)21-29-20-23-14-12-22(13-15-23)19-26-10-2-4-18-32(26)27-11-5-7-24-8-6-17-31-28(24)27/h1-4,6,8-10,12-18,26-27,29H,5,7,11,19-21H2. The first-order valence-corrected chi connectivity index (χ1v) is 11.6. The number of aryl methyl sites for hydroxylation is 1. The van der Waals surface area contributed by atoms with Crippen molar-refractivity contribution in [1.82, 2.24) is 20.2 Å². The highest BCUT2D eigenvalue weighted by Gasteiger charge is 2.29. The number of hydrogen-bond acceptors (Lipinski definition) is 4. The molecule has 2 aromatic heterocycles. The second kappa shape index (κ2) is 9.92. The Labute approximate surface area is 190 Å². The lowest BCUT2D eigenvalue weighted by Gasteiger charge is -2.40. The monoisotopic (exact) mass is 422 g/mol. The van der Waals surface area contributed by atoms with Gasteiger partial charge in [-0.15, -0.1) is 0 Å². The third kappa shape index (κ3) is 4.81. The molecule has 4 nitrogen and oxygen atoms in total. The molecule has 0 radical (unpaired) electrons. The summed E-state index contributed by atoms with van der Waals surface area (Å²) in [6.07, 6.45) is 17.2. The van der Waals surface area contributed by atoms with Gasteiger partial charge in [0.15, 0.2) is 0 Å². The molecule has 1 aliphatic heterocycles. The number of fused-ring (bicyclic) bond motifs is 1. The number of nitrogens with zero attached hydrogens (tertiary/aromatic N) is 3. The summed E-state index contributed by atoms with van der Waals surface area (Å²) in [5.74, 6) is 0. The molecule has 1 N–H and O–H groups in total. The van der Waals surface area contributed by atoms with Crippen molar-refractivity contribution in [2.75, 3.05) is 0 Å². The van der Waals surface area contributed by atoms with Crippen molar-refractivity contribution in [3.8, 4) is 0 Å². The minimum Gasteiger partial charge on any atom is -0.362 e. The Morgan fingerprint density at radius 1 is 0.875 bits per heavy atom. The highest BCUT2D eigenvalue weighted by atomic mass is 15.2. The van der Waals surface area contributed by atoms with E-state index in [-0.39, 0.29) is 0 Å². The lowest BCUT2D eigenvalue weighted by molar-refractivity contribution is 0.206. The molecule has 32 heavy (non-hydrogen) atoms. The van der Waals surface area contributed by atoms with Crippen LogP contribution in [-0.2, 0) is 25.9 Å². The van der Waals surface area contributed by atoms with Crippen LogP contribution in [0.2, 0.25) is 0 Å². The maximum absolute atomic E-state index is 4.77. The summed E-state index contributed by atoms with van der Waals surface area (Å²) in [5, 5.41) is 3.48. The fourth-order valence-corrected chi connectivity index (χ4v) is 4.81. The number of benzene rings is 1. The SMILES string of the molecule is C1=CC(Cc2ccc(CNCc3ccccn3)cc2)N(C2CCCc3cccnc32)C=C1. The van der Waals surface area contributed by atoms with Crippen molar-refractivity contribution >= 4 is 0 Å². The number of allylic oxidation sites excluding steroid dienone is 2. The molecule has 1 aromatic carbocycles. The largest absolute Gasteiger partial charge is 0.362 e. The molecule has 0 saturated carbocycles. The van der Waals surface area contributed by atoms with E-state index in [0.29, 0.717) is 12.1 Å². The van der Waals surface area contributed by atoms with Crippen LogP contribution in [0.3, 0.4) is 0 Å². The third-order valence-electron chi connectivity index (χ3n) is 6.44. The topological polar surface area (TPSA) is 41.1 Å². The van der Waals surface area contributed by atoms with Gasteiger partial charge in [0.25, 0.3) is 0 Å². The fraction of sp³-hybridized carbons (Fsp3) is 0.286. The first kappa shape index (κ1) is 20.7. The molecular weight excluding hydrogens is 392 g/mol. The Morgan fingerprint density at radius 2 is 1.75 bits per heavy atom. The van der Waals surface area contributed by atoms with Crippen LogP contribution in [0.4, 0.5) is 0 Å². The van der Waals surface area contributed by atoms with Gasteiger partial charge in [-0.2, -0.15) is 0 Å². The van der Waals surface area contributed by atoms with Gasteiger partial charge in [-0.1, -0.05) is 48.6 Å². The molecule has 3 heterocycles. The molecule has 0 spiro atoms. The Bertz CT molecular complexity index is 1070. The Morgan fingerprint density at radius 3 is 2.62 bits per heavy atom. The Kier molecular flexibility index (Phi) is 6.40. The molecule has 0 saturated heterocycles. The lowest BCUT2D eigenvalue weighted by atomic mass is 9.89. The van der Waals surface area contributed by atoms with Crippen LogP contribution in [0.1, 0.15) is 47.0 Å². The van der Waals surface area contributed by atoms with E-state index in [2.05, 4.69) is 76.0 Å². The smallest absolute Gasteiger partial charge is 0.0717 e. The van der Waals surface area contributed by atoms with Crippen molar-refractivity contribution in [3.63, 3.8) is 0 Å². The van der Waals surface area contributed by atoms with Crippen molar-refractivity contribution in [1.29, 1.82) is 0 Å². The maximum atomic E-state index is 4.77. The molecule has 0 fully saturated rings. The van der Waals surface area contributed by atoms with Gasteiger partial charge >= 0.3 is 0 Å². The maximum Gasteiger partial charge on any atom is 0.0717 e. The summed E-state index contributed by atoms with van der Waals surface area (Å²) in [5.41, 5.74) is 6.41. The van der Waals surface area contributed by atoms with E-state index in [1.54, 1.807) is 0 Å². The molecule has 3 aromatic rings. The quantitative estimate of drug-likeness (QED) is 0.572. The molecule has 2 atom stereocenters. The van der Waals surface area contributed by atoms with Gasteiger partial charge in [0, 0.05) is 31.7 Å². The summed E-state index contributed by atoms with van der Waals surface area (Å²) < 4.78 is 0. The normalized spacial score (nSPS) is 19.7. The van der Waals surface area contributed by atoms with Crippen LogP contribution in [0.5, 0.6) is 0 Å². The zero-order valence-corrected chi connectivity index (χ0v) is 18.4. The van der Waals surface area contributed by atoms with E-state index < -0.39 is 0 Å². The Hall–Kier alpha value is -3.24. The first-order valence-electron chi connectivity index (χ1n) is 11.6. The van der Waals surface area contributed by atoms with Crippen LogP contribution in [0.25, 0.3) is 0 Å². The highest BCUT2D eigenvalue weighted by Crippen LogP contribution is 2.35. The number of pyridine rings is 2. The summed E-state index contributed by atoms with van der Waals surface area (Å²) >= 11 is 0. The summed E-state index contributed by atoms with van der Waals surface area (Å²) in [6.45, 7) is 1.63. The van der Waals surface area contributed by atoms with E-state index in [1.165, 1.54) is 35.2 Å². The van der Waals surface area contributed by atoms with E-state index in [4.69, 9.17) is 4.98 Å². The summed E-state index contributed by atoms with van der Waals surface area (Å²) in [6, 6.07) is 20.1. The fourth-order valence-electron chi connectivity index (χ4n) is 4.81. The van der Waals surface area contributed by atoms with E-state index in [9.17, 15) is 0 Å². The molecule has 4 heteroatoms. The molecule has 5 rings (SSSR count). The number of hydrogen-bond donors (Lipinski definition) is 1. The van der Waals surface area contributed by atoms with Crippen LogP contribution >= 0.6 is 0 Å². The highest BCUT2D eigenvalue weighted by molar-refractivity contribution is 5.30. The molecule has 2 unspecified atom stereocenters. The van der Waals surface area contributed by atoms with Crippen LogP contribution in [0.15, 0.2) is 91.4 Å². The Balaban J connectivity index is 1.22. The summed E-state index contributed by atoms with van der Waals surface area (Å²) in [7, 11) is 0. The van der Waals surface area contributed by atoms with E-state index in [0.717, 1.165) is 31.6 Å². The van der Waals surface area contributed by atoms with Crippen molar-refractivity contribution < 1.29 is 0 Å². The van der Waals surface area contributed by atoms with Gasteiger partial charge in [-0.3, -0.25) is 9.97 Å². The molecule has 162 valence electrons. The van der Waals surface area contributed by atoms with Crippen molar-refractivity contribution in [2.45, 2.75) is 50.9 Å². The number of nitrogens with one attached hydrogen (secondary N) is 1. The first-order chi connectivity index (χ1) is 15.9. The molecule has 0 bridgehead atoms. The number of rotatable bonds is 7. The average Bonchev–Trinajstić information content (AvgIpc) is 2.86. The molecule has 0 amide bonds. The molecule has 1 aliphatic carbocycles.